The molecule has 0 atom stereocenters. The molecule has 0 saturated carbocycles. The van der Waals surface area contributed by atoms with Crippen LogP contribution in [0.15, 0.2) is 34.9 Å². The van der Waals surface area contributed by atoms with Gasteiger partial charge in [-0.05, 0) is 25.1 Å². The number of methoxy groups -OCH3 is 1. The summed E-state index contributed by atoms with van der Waals surface area (Å²) in [6.07, 6.45) is -2.63. The third kappa shape index (κ3) is 2.33. The van der Waals surface area contributed by atoms with Gasteiger partial charge in [-0.1, -0.05) is 17.3 Å². The second-order valence-corrected chi connectivity index (χ2v) is 4.58. The van der Waals surface area contributed by atoms with Crippen molar-refractivity contribution in [1.29, 1.82) is 0 Å². The Morgan fingerprint density at radius 2 is 2.05 bits per heavy atom. The fourth-order valence-corrected chi connectivity index (χ4v) is 2.23. The number of ether oxygens (including phenoxy) is 1. The SMILES string of the molecule is COc1cccc(-c2cc(C(F)F)c3c(C)noc3n2)c1. The smallest absolute Gasteiger partial charge is 0.264 e. The number of hydrogen-bond donors (Lipinski definition) is 0. The Morgan fingerprint density at radius 1 is 1.24 bits per heavy atom. The summed E-state index contributed by atoms with van der Waals surface area (Å²) in [5, 5.41) is 3.99. The first kappa shape index (κ1) is 13.5. The maximum atomic E-state index is 13.3. The number of nitrogens with zero attached hydrogens (tertiary/aromatic N) is 2. The maximum Gasteiger partial charge on any atom is 0.264 e. The lowest BCUT2D eigenvalue weighted by Gasteiger charge is -2.07. The van der Waals surface area contributed by atoms with Gasteiger partial charge in [-0.15, -0.1) is 0 Å². The van der Waals surface area contributed by atoms with Crippen LogP contribution in [0.1, 0.15) is 17.7 Å². The van der Waals surface area contributed by atoms with E-state index < -0.39 is 6.43 Å². The monoisotopic (exact) mass is 290 g/mol. The van der Waals surface area contributed by atoms with Crippen molar-refractivity contribution in [2.45, 2.75) is 13.3 Å². The summed E-state index contributed by atoms with van der Waals surface area (Å²) in [6, 6.07) is 8.41. The maximum absolute atomic E-state index is 13.3. The van der Waals surface area contributed by atoms with Gasteiger partial charge in [0.15, 0.2) is 0 Å². The second kappa shape index (κ2) is 5.12. The lowest BCUT2D eigenvalue weighted by molar-refractivity contribution is 0.153. The van der Waals surface area contributed by atoms with E-state index >= 15 is 0 Å². The summed E-state index contributed by atoms with van der Waals surface area (Å²) in [5.41, 5.74) is 1.46. The summed E-state index contributed by atoms with van der Waals surface area (Å²) in [6.45, 7) is 1.62. The van der Waals surface area contributed by atoms with E-state index in [0.717, 1.165) is 0 Å². The predicted molar refractivity (Wildman–Crippen MR) is 73.5 cm³/mol. The molecule has 2 aromatic heterocycles. The lowest BCUT2D eigenvalue weighted by atomic mass is 10.1. The van der Waals surface area contributed by atoms with Gasteiger partial charge in [-0.2, -0.15) is 0 Å². The Morgan fingerprint density at radius 3 is 2.76 bits per heavy atom. The molecular formula is C15H12F2N2O2. The van der Waals surface area contributed by atoms with E-state index in [9.17, 15) is 8.78 Å². The Kier molecular flexibility index (Phi) is 3.29. The Labute approximate surface area is 119 Å². The summed E-state index contributed by atoms with van der Waals surface area (Å²) >= 11 is 0. The summed E-state index contributed by atoms with van der Waals surface area (Å²) < 4.78 is 36.7. The predicted octanol–water partition coefficient (Wildman–Crippen LogP) is 4.14. The van der Waals surface area contributed by atoms with Gasteiger partial charge in [0.2, 0.25) is 0 Å². The van der Waals surface area contributed by atoms with Crippen LogP contribution in [0, 0.1) is 6.92 Å². The van der Waals surface area contributed by atoms with Crippen molar-refractivity contribution in [3.8, 4) is 17.0 Å². The number of fused-ring (bicyclic) bond motifs is 1. The van der Waals surface area contributed by atoms with Crippen molar-refractivity contribution in [3.63, 3.8) is 0 Å². The molecule has 108 valence electrons. The zero-order valence-electron chi connectivity index (χ0n) is 11.4. The molecule has 1 aromatic carbocycles. The fraction of sp³-hybridized carbons (Fsp3) is 0.200. The number of pyridine rings is 1. The molecule has 2 heterocycles. The Hall–Kier alpha value is -2.50. The first-order chi connectivity index (χ1) is 10.1. The number of benzene rings is 1. The first-order valence-electron chi connectivity index (χ1n) is 6.29. The molecule has 0 amide bonds. The van der Waals surface area contributed by atoms with Crippen LogP contribution in [0.2, 0.25) is 0 Å². The topological polar surface area (TPSA) is 48.2 Å². The number of aromatic nitrogens is 2. The normalized spacial score (nSPS) is 11.3. The summed E-state index contributed by atoms with van der Waals surface area (Å²) in [4.78, 5) is 4.27. The van der Waals surface area contributed by atoms with Gasteiger partial charge in [0.05, 0.1) is 23.9 Å². The van der Waals surface area contributed by atoms with Gasteiger partial charge in [-0.25, -0.2) is 13.8 Å². The highest BCUT2D eigenvalue weighted by Crippen LogP contribution is 2.33. The third-order valence-corrected chi connectivity index (χ3v) is 3.25. The molecule has 0 aliphatic carbocycles. The van der Waals surface area contributed by atoms with Crippen molar-refractivity contribution in [3.05, 3.63) is 41.6 Å². The van der Waals surface area contributed by atoms with E-state index in [1.165, 1.54) is 6.07 Å². The van der Waals surface area contributed by atoms with Crippen LogP contribution in [0.4, 0.5) is 8.78 Å². The van der Waals surface area contributed by atoms with Crippen molar-refractivity contribution in [2.24, 2.45) is 0 Å². The summed E-state index contributed by atoms with van der Waals surface area (Å²) in [7, 11) is 1.54. The van der Waals surface area contributed by atoms with Gasteiger partial charge < -0.3 is 9.26 Å². The van der Waals surface area contributed by atoms with E-state index in [1.54, 1.807) is 38.3 Å². The molecule has 0 aliphatic rings. The molecule has 0 saturated heterocycles. The van der Waals surface area contributed by atoms with Crippen LogP contribution < -0.4 is 4.74 Å². The minimum Gasteiger partial charge on any atom is -0.497 e. The molecule has 0 spiro atoms. The van der Waals surface area contributed by atoms with Crippen LogP contribution in [0.5, 0.6) is 5.75 Å². The van der Waals surface area contributed by atoms with Crippen molar-refractivity contribution >= 4 is 11.1 Å². The number of rotatable bonds is 3. The highest BCUT2D eigenvalue weighted by Gasteiger charge is 2.20. The van der Waals surface area contributed by atoms with Crippen molar-refractivity contribution < 1.29 is 18.0 Å². The average Bonchev–Trinajstić information content (AvgIpc) is 2.88. The van der Waals surface area contributed by atoms with Crippen LogP contribution in [-0.2, 0) is 0 Å². The number of alkyl halides is 2. The van der Waals surface area contributed by atoms with Gasteiger partial charge >= 0.3 is 0 Å². The second-order valence-electron chi connectivity index (χ2n) is 4.58. The largest absolute Gasteiger partial charge is 0.497 e. The van der Waals surface area contributed by atoms with Gasteiger partial charge in [0.1, 0.15) is 5.75 Å². The molecular weight excluding hydrogens is 278 g/mol. The fourth-order valence-electron chi connectivity index (χ4n) is 2.23. The molecule has 0 fully saturated rings. The van der Waals surface area contributed by atoms with Gasteiger partial charge in [0, 0.05) is 11.1 Å². The van der Waals surface area contributed by atoms with E-state index in [0.29, 0.717) is 22.7 Å². The summed E-state index contributed by atoms with van der Waals surface area (Å²) in [5.74, 6) is 0.627. The molecule has 6 heteroatoms. The highest BCUT2D eigenvalue weighted by atomic mass is 19.3. The molecule has 0 unspecified atom stereocenters. The minimum absolute atomic E-state index is 0.114. The Bertz CT molecular complexity index is 799. The highest BCUT2D eigenvalue weighted by molar-refractivity contribution is 5.83. The molecule has 0 radical (unpaired) electrons. The standard InChI is InChI=1S/C15H12F2N2O2/c1-8-13-11(14(16)17)7-12(18-15(13)21-19-8)9-4-3-5-10(6-9)20-2/h3-7,14H,1-2H3. The minimum atomic E-state index is -2.63. The molecule has 3 aromatic rings. The van der Waals surface area contributed by atoms with E-state index in [1.807, 2.05) is 0 Å². The van der Waals surface area contributed by atoms with Gasteiger partial charge in [0.25, 0.3) is 12.1 Å². The van der Waals surface area contributed by atoms with Crippen LogP contribution in [0.25, 0.3) is 22.4 Å². The van der Waals surface area contributed by atoms with Gasteiger partial charge in [-0.3, -0.25) is 0 Å². The number of hydrogen-bond acceptors (Lipinski definition) is 4. The van der Waals surface area contributed by atoms with Crippen molar-refractivity contribution in [2.75, 3.05) is 7.11 Å². The Balaban J connectivity index is 2.23. The number of aryl methyl sites for hydroxylation is 1. The van der Waals surface area contributed by atoms with E-state index in [-0.39, 0.29) is 16.7 Å². The molecule has 3 rings (SSSR count). The molecule has 21 heavy (non-hydrogen) atoms. The van der Waals surface area contributed by atoms with Crippen LogP contribution >= 0.6 is 0 Å². The van der Waals surface area contributed by atoms with Crippen molar-refractivity contribution in [1.82, 2.24) is 10.1 Å². The molecule has 0 aliphatic heterocycles. The van der Waals surface area contributed by atoms with E-state index in [4.69, 9.17) is 9.26 Å². The molecule has 0 bridgehead atoms. The van der Waals surface area contributed by atoms with E-state index in [2.05, 4.69) is 10.1 Å². The first-order valence-corrected chi connectivity index (χ1v) is 6.29. The van der Waals surface area contributed by atoms with Crippen LogP contribution in [0.3, 0.4) is 0 Å². The van der Waals surface area contributed by atoms with Crippen LogP contribution in [-0.4, -0.2) is 17.3 Å². The lowest BCUT2D eigenvalue weighted by Crippen LogP contribution is -1.93. The quantitative estimate of drug-likeness (QED) is 0.727. The molecule has 4 nitrogen and oxygen atoms in total. The number of halogens is 2. The third-order valence-electron chi connectivity index (χ3n) is 3.25. The zero-order chi connectivity index (χ0) is 15.0. The zero-order valence-corrected chi connectivity index (χ0v) is 11.4. The average molecular weight is 290 g/mol. The molecule has 0 N–H and O–H groups in total.